The van der Waals surface area contributed by atoms with Crippen molar-refractivity contribution in [3.05, 3.63) is 39.4 Å². The molecule has 0 aromatic carbocycles. The van der Waals surface area contributed by atoms with E-state index >= 15 is 0 Å². The Kier molecular flexibility index (Phi) is 3.53. The van der Waals surface area contributed by atoms with Crippen molar-refractivity contribution in [2.24, 2.45) is 7.05 Å². The molecule has 0 aliphatic carbocycles. The Balaban J connectivity index is 1.87. The van der Waals surface area contributed by atoms with Crippen LogP contribution in [0.2, 0.25) is 0 Å². The molecule has 3 aromatic heterocycles. The average molecular weight is 317 g/mol. The minimum absolute atomic E-state index is 0.0906. The van der Waals surface area contributed by atoms with E-state index in [1.54, 1.807) is 24.0 Å². The van der Waals surface area contributed by atoms with Gasteiger partial charge in [-0.3, -0.25) is 18.8 Å². The molecule has 0 radical (unpaired) electrons. The second-order valence-corrected chi connectivity index (χ2v) is 6.27. The van der Waals surface area contributed by atoms with Crippen molar-refractivity contribution in [1.82, 2.24) is 19.3 Å². The van der Waals surface area contributed by atoms with E-state index in [1.165, 1.54) is 22.2 Å². The molecule has 3 heterocycles. The SMILES string of the molecule is Cc1sc2ncn(CC(=O)Nc3ccn(C)n3)c(=O)c2c1C. The Hall–Kier alpha value is -2.48. The first kappa shape index (κ1) is 14.5. The minimum Gasteiger partial charge on any atom is -0.308 e. The van der Waals surface area contributed by atoms with Crippen molar-refractivity contribution in [2.75, 3.05) is 5.32 Å². The van der Waals surface area contributed by atoms with Crippen LogP contribution in [-0.2, 0) is 18.4 Å². The zero-order valence-electron chi connectivity index (χ0n) is 12.5. The smallest absolute Gasteiger partial charge is 0.262 e. The Morgan fingerprint density at radius 1 is 1.41 bits per heavy atom. The van der Waals surface area contributed by atoms with Crippen molar-refractivity contribution in [1.29, 1.82) is 0 Å². The van der Waals surface area contributed by atoms with Gasteiger partial charge in [0.2, 0.25) is 5.91 Å². The summed E-state index contributed by atoms with van der Waals surface area (Å²) in [6.07, 6.45) is 3.14. The molecule has 0 aliphatic rings. The number of nitrogens with one attached hydrogen (secondary N) is 1. The number of hydrogen-bond acceptors (Lipinski definition) is 5. The Labute approximate surface area is 130 Å². The molecule has 114 valence electrons. The van der Waals surface area contributed by atoms with E-state index in [-0.39, 0.29) is 18.0 Å². The molecule has 8 heteroatoms. The summed E-state index contributed by atoms with van der Waals surface area (Å²) in [4.78, 5) is 30.6. The fraction of sp³-hybridized carbons (Fsp3) is 0.286. The van der Waals surface area contributed by atoms with Crippen LogP contribution in [0.3, 0.4) is 0 Å². The molecule has 3 aromatic rings. The standard InChI is InChI=1S/C14H15N5O2S/c1-8-9(2)22-13-12(8)14(21)19(7-15-13)6-11(20)16-10-4-5-18(3)17-10/h4-5,7H,6H2,1-3H3,(H,16,17,20). The van der Waals surface area contributed by atoms with E-state index in [2.05, 4.69) is 15.4 Å². The Morgan fingerprint density at radius 3 is 2.86 bits per heavy atom. The summed E-state index contributed by atoms with van der Waals surface area (Å²) >= 11 is 1.49. The summed E-state index contributed by atoms with van der Waals surface area (Å²) in [6, 6.07) is 1.69. The van der Waals surface area contributed by atoms with Crippen LogP contribution in [0, 0.1) is 13.8 Å². The first-order valence-electron chi connectivity index (χ1n) is 6.70. The molecule has 3 rings (SSSR count). The second kappa shape index (κ2) is 5.38. The van der Waals surface area contributed by atoms with E-state index < -0.39 is 0 Å². The number of thiophene rings is 1. The fourth-order valence-corrected chi connectivity index (χ4v) is 3.19. The third-order valence-corrected chi connectivity index (χ3v) is 4.57. The monoisotopic (exact) mass is 317 g/mol. The average Bonchev–Trinajstić information content (AvgIpc) is 2.98. The predicted octanol–water partition coefficient (Wildman–Crippen LogP) is 1.45. The predicted molar refractivity (Wildman–Crippen MR) is 85.2 cm³/mol. The van der Waals surface area contributed by atoms with Crippen molar-refractivity contribution in [3.63, 3.8) is 0 Å². The number of rotatable bonds is 3. The maximum Gasteiger partial charge on any atom is 0.262 e. The van der Waals surface area contributed by atoms with Gasteiger partial charge in [-0.2, -0.15) is 5.10 Å². The normalized spacial score (nSPS) is 11.0. The van der Waals surface area contributed by atoms with Gasteiger partial charge in [0.15, 0.2) is 5.82 Å². The van der Waals surface area contributed by atoms with Crippen LogP contribution in [0.4, 0.5) is 5.82 Å². The molecule has 0 saturated heterocycles. The lowest BCUT2D eigenvalue weighted by Gasteiger charge is -2.05. The van der Waals surface area contributed by atoms with Gasteiger partial charge in [-0.05, 0) is 19.4 Å². The van der Waals surface area contributed by atoms with E-state index in [0.29, 0.717) is 16.0 Å². The highest BCUT2D eigenvalue weighted by Gasteiger charge is 2.14. The van der Waals surface area contributed by atoms with E-state index in [4.69, 9.17) is 0 Å². The van der Waals surface area contributed by atoms with Crippen LogP contribution in [0.25, 0.3) is 10.2 Å². The third-order valence-electron chi connectivity index (χ3n) is 3.45. The van der Waals surface area contributed by atoms with Crippen molar-refractivity contribution >= 4 is 33.3 Å². The van der Waals surface area contributed by atoms with Crippen LogP contribution >= 0.6 is 11.3 Å². The Bertz CT molecular complexity index is 921. The minimum atomic E-state index is -0.313. The summed E-state index contributed by atoms with van der Waals surface area (Å²) in [6.45, 7) is 3.77. The van der Waals surface area contributed by atoms with Gasteiger partial charge in [-0.25, -0.2) is 4.98 Å². The third kappa shape index (κ3) is 2.52. The molecule has 0 saturated carbocycles. The summed E-state index contributed by atoms with van der Waals surface area (Å²) in [7, 11) is 1.76. The van der Waals surface area contributed by atoms with Crippen LogP contribution in [0.15, 0.2) is 23.4 Å². The van der Waals surface area contributed by atoms with Crippen molar-refractivity contribution < 1.29 is 4.79 Å². The summed E-state index contributed by atoms with van der Waals surface area (Å²) in [5, 5.41) is 7.31. The maximum absolute atomic E-state index is 12.5. The molecular formula is C14H15N5O2S. The molecule has 1 amide bonds. The van der Waals surface area contributed by atoms with Gasteiger partial charge in [0.05, 0.1) is 11.7 Å². The number of aromatic nitrogens is 4. The lowest BCUT2D eigenvalue weighted by Crippen LogP contribution is -2.28. The van der Waals surface area contributed by atoms with E-state index in [9.17, 15) is 9.59 Å². The highest BCUT2D eigenvalue weighted by Crippen LogP contribution is 2.25. The van der Waals surface area contributed by atoms with Gasteiger partial charge in [0.1, 0.15) is 11.4 Å². The Morgan fingerprint density at radius 2 is 2.18 bits per heavy atom. The van der Waals surface area contributed by atoms with Crippen LogP contribution in [0.5, 0.6) is 0 Å². The zero-order chi connectivity index (χ0) is 15.9. The van der Waals surface area contributed by atoms with Gasteiger partial charge in [-0.15, -0.1) is 11.3 Å². The molecule has 0 spiro atoms. The molecule has 22 heavy (non-hydrogen) atoms. The van der Waals surface area contributed by atoms with Gasteiger partial charge < -0.3 is 5.32 Å². The highest BCUT2D eigenvalue weighted by molar-refractivity contribution is 7.18. The zero-order valence-corrected chi connectivity index (χ0v) is 13.3. The number of amides is 1. The number of anilines is 1. The summed E-state index contributed by atoms with van der Waals surface area (Å²) in [5.74, 6) is 0.142. The van der Waals surface area contributed by atoms with Crippen molar-refractivity contribution in [2.45, 2.75) is 20.4 Å². The van der Waals surface area contributed by atoms with Gasteiger partial charge in [0, 0.05) is 24.2 Å². The molecular weight excluding hydrogens is 302 g/mol. The van der Waals surface area contributed by atoms with Crippen LogP contribution in [-0.4, -0.2) is 25.2 Å². The molecule has 0 fully saturated rings. The number of fused-ring (bicyclic) bond motifs is 1. The quantitative estimate of drug-likeness (QED) is 0.792. The van der Waals surface area contributed by atoms with E-state index in [0.717, 1.165) is 10.4 Å². The molecule has 0 bridgehead atoms. The topological polar surface area (TPSA) is 81.8 Å². The number of carbonyl (C=O) groups excluding carboxylic acids is 1. The molecule has 7 nitrogen and oxygen atoms in total. The van der Waals surface area contributed by atoms with Crippen LogP contribution < -0.4 is 10.9 Å². The lowest BCUT2D eigenvalue weighted by atomic mass is 10.2. The summed E-state index contributed by atoms with van der Waals surface area (Å²) < 4.78 is 2.91. The molecule has 0 unspecified atom stereocenters. The number of hydrogen-bond donors (Lipinski definition) is 1. The van der Waals surface area contributed by atoms with Gasteiger partial charge >= 0.3 is 0 Å². The number of carbonyl (C=O) groups is 1. The molecule has 1 N–H and O–H groups in total. The number of aryl methyl sites for hydroxylation is 3. The number of nitrogens with zero attached hydrogens (tertiary/aromatic N) is 4. The summed E-state index contributed by atoms with van der Waals surface area (Å²) in [5.41, 5.74) is 0.736. The fourth-order valence-electron chi connectivity index (χ4n) is 2.20. The van der Waals surface area contributed by atoms with E-state index in [1.807, 2.05) is 13.8 Å². The van der Waals surface area contributed by atoms with Gasteiger partial charge in [0.25, 0.3) is 5.56 Å². The van der Waals surface area contributed by atoms with Gasteiger partial charge in [-0.1, -0.05) is 0 Å². The first-order chi connectivity index (χ1) is 10.5. The highest BCUT2D eigenvalue weighted by atomic mass is 32.1. The van der Waals surface area contributed by atoms with Crippen LogP contribution in [0.1, 0.15) is 10.4 Å². The largest absolute Gasteiger partial charge is 0.308 e. The molecule has 0 atom stereocenters. The lowest BCUT2D eigenvalue weighted by molar-refractivity contribution is -0.116. The maximum atomic E-state index is 12.5. The second-order valence-electron chi connectivity index (χ2n) is 5.06. The molecule has 0 aliphatic heterocycles. The first-order valence-corrected chi connectivity index (χ1v) is 7.52. The van der Waals surface area contributed by atoms with Crippen molar-refractivity contribution in [3.8, 4) is 0 Å².